The highest BCUT2D eigenvalue weighted by Crippen LogP contribution is 2.49. The van der Waals surface area contributed by atoms with Crippen molar-refractivity contribution in [1.29, 1.82) is 0 Å². The first-order chi connectivity index (χ1) is 42.6. The first kappa shape index (κ1) is 71.5. The van der Waals surface area contributed by atoms with Crippen molar-refractivity contribution in [3.8, 4) is 40.9 Å². The average molecular weight is 1420 g/mol. The molecular formula is C60H83IN4O21S3. The number of nitrogens with one attached hydrogen (secondary N) is 3. The summed E-state index contributed by atoms with van der Waals surface area (Å²) in [5.74, 6) is 11.5. The van der Waals surface area contributed by atoms with Gasteiger partial charge in [0, 0.05) is 49.2 Å². The van der Waals surface area contributed by atoms with Gasteiger partial charge >= 0.3 is 6.09 Å². The molecule has 5 aliphatic heterocycles. The highest BCUT2D eigenvalue weighted by atomic mass is 127. The van der Waals surface area contributed by atoms with Crippen LogP contribution in [0.3, 0.4) is 0 Å². The predicted octanol–water partition coefficient (Wildman–Crippen LogP) is 3.01. The minimum absolute atomic E-state index is 0.00315. The van der Waals surface area contributed by atoms with E-state index in [9.17, 15) is 39.9 Å². The van der Waals surface area contributed by atoms with E-state index in [2.05, 4.69) is 51.7 Å². The zero-order valence-corrected chi connectivity index (χ0v) is 56.2. The average Bonchev–Trinajstić information content (AvgIpc) is 0.962. The number of alkyl carbamates (subject to hydrolysis) is 1. The normalized spacial score (nSPS) is 36.1. The molecule has 8 rings (SSSR count). The van der Waals surface area contributed by atoms with Crippen molar-refractivity contribution < 1.29 is 102 Å². The van der Waals surface area contributed by atoms with Crippen LogP contribution in [-0.4, -0.2) is 243 Å². The number of hydrogen-bond acceptors (Lipinski definition) is 27. The number of allylic oxidation sites excluding steroid dienone is 3. The molecule has 2 bridgehead atoms. The number of aliphatic hydroxyl groups is 5. The molecule has 29 heteroatoms. The van der Waals surface area contributed by atoms with Gasteiger partial charge in [0.2, 0.25) is 17.2 Å². The van der Waals surface area contributed by atoms with Crippen LogP contribution in [0.4, 0.5) is 4.79 Å². The molecule has 0 spiro atoms. The van der Waals surface area contributed by atoms with Gasteiger partial charge in [-0.2, -0.15) is 5.48 Å². The number of fused-ring (bicyclic) bond motifs is 2. The van der Waals surface area contributed by atoms with Crippen molar-refractivity contribution in [2.45, 2.75) is 187 Å². The van der Waals surface area contributed by atoms with Crippen LogP contribution in [0.15, 0.2) is 35.1 Å². The monoisotopic (exact) mass is 1420 g/mol. The number of ether oxygens (including phenoxy) is 12. The fourth-order valence-electron chi connectivity index (χ4n) is 11.6. The molecular weight excluding hydrogens is 1340 g/mol. The Labute approximate surface area is 544 Å². The number of thioether (sulfide) groups is 1. The minimum atomic E-state index is -2.06. The van der Waals surface area contributed by atoms with Crippen LogP contribution in [0.1, 0.15) is 75.7 Å². The summed E-state index contributed by atoms with van der Waals surface area (Å²) in [7, 11) is 12.2. The summed E-state index contributed by atoms with van der Waals surface area (Å²) < 4.78 is 72.9. The number of carbonyl (C=O) groups is 3. The number of halogens is 1. The zero-order valence-electron chi connectivity index (χ0n) is 51.6. The van der Waals surface area contributed by atoms with Crippen molar-refractivity contribution in [1.82, 2.24) is 21.0 Å². The topological polar surface area (TPSA) is 312 Å². The maximum atomic E-state index is 14.5. The number of Topliss-reactive ketones (excluding diaryl/α,β-unsaturated/α-hetero) is 1. The van der Waals surface area contributed by atoms with Gasteiger partial charge in [-0.05, 0) is 108 Å². The number of hydroxylamine groups is 1. The first-order valence-corrected chi connectivity index (χ1v) is 33.8. The number of likely N-dealkylation sites (tertiary alicyclic amines) is 1. The lowest BCUT2D eigenvalue weighted by molar-refractivity contribution is -0.336. The van der Waals surface area contributed by atoms with Gasteiger partial charge in [-0.25, -0.2) is 4.79 Å². The van der Waals surface area contributed by atoms with Gasteiger partial charge in [0.15, 0.2) is 41.8 Å². The van der Waals surface area contributed by atoms with Gasteiger partial charge in [0.1, 0.15) is 36.6 Å². The van der Waals surface area contributed by atoms with E-state index in [4.69, 9.17) is 61.7 Å². The Morgan fingerprint density at radius 1 is 0.876 bits per heavy atom. The maximum Gasteiger partial charge on any atom is 0.411 e. The van der Waals surface area contributed by atoms with Gasteiger partial charge in [-0.15, -0.1) is 0 Å². The standard InChI is InChI=1S/C60H83IN4O21S3/c1-12-62-35-28-79-40(26-39(35)74-7)84-53-48(69)45(30(3)81-58(53)83-38-17-15-13-14-16-21-60(73)27-37(67)46(63-59(72)78-11)43(38)34(60)20-24-87-89-33-18-22-65(6)23-19-33)64-86-41-25-36(66)55(32(5)80-41)88-56(71)42-29(2)44(61)51(54(77-10)50(42)75-8)85-57-49(70)52(76-9)47(68)31(4)82-57/h13-14,20,30-33,35-36,38-41,45,47-49,52-53,55,57-58,62,64,66,68-70,73H,12,18-19,22-28H2,1-11H3,(H,63,72)/b14-13-,34-20+/t30-,31+,32-,35+,36+,38+,39+,40+,41+,45-,47+,48+,49-,52-,53-,55-,57+,58+,60+/m1/s1. The number of carbonyl (C=O) groups excluding carboxylic acids is 3. The molecule has 19 atom stereocenters. The summed E-state index contributed by atoms with van der Waals surface area (Å²) in [5.41, 5.74) is 1.37. The second-order valence-electron chi connectivity index (χ2n) is 22.4. The molecule has 2 aliphatic carbocycles. The lowest BCUT2D eigenvalue weighted by atomic mass is 9.75. The van der Waals surface area contributed by atoms with Gasteiger partial charge in [0.05, 0.1) is 97.0 Å². The number of rotatable bonds is 22. The molecule has 5 saturated heterocycles. The SMILES string of the molecule is CCN[C@H]1CO[C@@H](O[C@H]2[C@H](O[C@H]3C#C/C=C\C#C[C@]4(O)CC(=O)C(NC(=O)OC)=C3/C4=C\CSSC3CCN(C)CC3)O[C@H](C)[C@@H](NO[C@H]3C[C@H](O)[C@H](SC(=O)c4c(C)c(I)c(O[C@@H]5O[C@@H](C)[C@H](O)[C@@H](OC)[C@H]5O)c(OC)c4OC)[C@@H](C)O3)[C@@H]2O)C[C@@H]1OC. The van der Waals surface area contributed by atoms with Crippen LogP contribution in [-0.2, 0) is 52.3 Å². The number of likely N-dealkylation sites (N-methyl/N-ethyl adjacent to an activating group) is 1. The van der Waals surface area contributed by atoms with Gasteiger partial charge < -0.3 is 92.6 Å². The fraction of sp³-hybridized carbons (Fsp3) is 0.683. The van der Waals surface area contributed by atoms with E-state index in [-0.39, 0.29) is 71.2 Å². The molecule has 1 amide bonds. The summed E-state index contributed by atoms with van der Waals surface area (Å²) >= 11 is 2.83. The predicted molar refractivity (Wildman–Crippen MR) is 337 cm³/mol. The van der Waals surface area contributed by atoms with Crippen LogP contribution >= 0.6 is 55.9 Å². The number of amides is 1. The van der Waals surface area contributed by atoms with Crippen LogP contribution in [0, 0.1) is 34.2 Å². The van der Waals surface area contributed by atoms with E-state index >= 15 is 0 Å². The third kappa shape index (κ3) is 16.8. The number of piperidine rings is 1. The van der Waals surface area contributed by atoms with E-state index in [1.54, 1.807) is 62.5 Å². The number of hydrogen-bond donors (Lipinski definition) is 8. The van der Waals surface area contributed by atoms with Crippen molar-refractivity contribution in [2.75, 3.05) is 74.6 Å². The molecule has 7 aliphatic rings. The second kappa shape index (κ2) is 32.7. The molecule has 8 N–H and O–H groups in total. The quantitative estimate of drug-likeness (QED) is 0.0272. The molecule has 1 aromatic carbocycles. The molecule has 0 saturated carbocycles. The van der Waals surface area contributed by atoms with Crippen molar-refractivity contribution >= 4 is 72.9 Å². The largest absolute Gasteiger partial charge is 0.492 e. The maximum absolute atomic E-state index is 14.5. The summed E-state index contributed by atoms with van der Waals surface area (Å²) in [6.07, 6.45) is -11.7. The summed E-state index contributed by atoms with van der Waals surface area (Å²) in [6.45, 7) is 11.4. The van der Waals surface area contributed by atoms with Gasteiger partial charge in [-0.3, -0.25) is 19.7 Å². The number of nitrogens with zero attached hydrogens (tertiary/aromatic N) is 1. The number of aliphatic hydroxyl groups excluding tert-OH is 4. The molecule has 5 heterocycles. The Balaban J connectivity index is 1.02. The first-order valence-electron chi connectivity index (χ1n) is 29.4. The Morgan fingerprint density at radius 2 is 1.60 bits per heavy atom. The van der Waals surface area contributed by atoms with Crippen LogP contribution < -0.4 is 30.3 Å². The van der Waals surface area contributed by atoms with Crippen LogP contribution in [0.5, 0.6) is 17.2 Å². The van der Waals surface area contributed by atoms with E-state index in [0.29, 0.717) is 26.7 Å². The molecule has 25 nitrogen and oxygen atoms in total. The summed E-state index contributed by atoms with van der Waals surface area (Å²) in [4.78, 5) is 50.3. The van der Waals surface area contributed by atoms with Gasteiger partial charge in [0.25, 0.3) is 0 Å². The zero-order chi connectivity index (χ0) is 64.4. The van der Waals surface area contributed by atoms with E-state index < -0.39 is 127 Å². The lowest BCUT2D eigenvalue weighted by Crippen LogP contribution is -2.65. The van der Waals surface area contributed by atoms with Gasteiger partial charge in [-0.1, -0.05) is 70.0 Å². The smallest absolute Gasteiger partial charge is 0.411 e. The van der Waals surface area contributed by atoms with Crippen molar-refractivity contribution in [3.05, 3.63) is 49.8 Å². The Hall–Kier alpha value is -3.33. The molecule has 0 radical (unpaired) electrons. The van der Waals surface area contributed by atoms with E-state index in [0.717, 1.165) is 44.8 Å². The third-order valence-electron chi connectivity index (χ3n) is 16.5. The molecule has 5 fully saturated rings. The summed E-state index contributed by atoms with van der Waals surface area (Å²) in [6, 6.07) is -1.27. The number of benzene rings is 1. The van der Waals surface area contributed by atoms with Crippen LogP contribution in [0.25, 0.3) is 0 Å². The van der Waals surface area contributed by atoms with Crippen LogP contribution in [0.2, 0.25) is 0 Å². The Kier molecular flexibility index (Phi) is 26.3. The highest BCUT2D eigenvalue weighted by Gasteiger charge is 2.52. The molecule has 0 unspecified atom stereocenters. The fourth-order valence-corrected chi connectivity index (χ4v) is 15.9. The third-order valence-corrected chi connectivity index (χ3v) is 22.0. The van der Waals surface area contributed by atoms with Crippen molar-refractivity contribution in [2.24, 2.45) is 0 Å². The van der Waals surface area contributed by atoms with E-state index in [1.165, 1.54) is 33.5 Å². The Bertz CT molecular complexity index is 2870. The van der Waals surface area contributed by atoms with Crippen molar-refractivity contribution in [3.63, 3.8) is 0 Å². The minimum Gasteiger partial charge on any atom is -0.492 e. The second-order valence-corrected chi connectivity index (χ2v) is 27.4. The highest BCUT2D eigenvalue weighted by molar-refractivity contribution is 14.1. The molecule has 494 valence electrons. The lowest BCUT2D eigenvalue weighted by Gasteiger charge is -2.46. The molecule has 1 aromatic rings. The Morgan fingerprint density at radius 3 is 2.27 bits per heavy atom. The number of methoxy groups -OCH3 is 5. The summed E-state index contributed by atoms with van der Waals surface area (Å²) in [5, 5.41) is 63.6. The number of ketones is 1. The molecule has 89 heavy (non-hydrogen) atoms. The molecule has 0 aromatic heterocycles. The van der Waals surface area contributed by atoms with E-state index in [1.807, 2.05) is 29.5 Å².